The van der Waals surface area contributed by atoms with Crippen LogP contribution < -0.4 is 10.6 Å². The molecule has 0 aliphatic heterocycles. The van der Waals surface area contributed by atoms with Gasteiger partial charge in [-0.25, -0.2) is 4.39 Å². The van der Waals surface area contributed by atoms with E-state index < -0.39 is 5.91 Å². The zero-order valence-corrected chi connectivity index (χ0v) is 15.8. The standard InChI is InChI=1S/C22H24FN3O/c1-15(2)19-9-6-7-16(3)21(19)26-22(27)18(13-24)14-25-12-11-17-8-4-5-10-20(17)23/h4-10,14-15,25H,11-12H2,1-3H3,(H,26,27)/b18-14-. The van der Waals surface area contributed by atoms with Crippen molar-refractivity contribution in [3.05, 3.63) is 76.7 Å². The summed E-state index contributed by atoms with van der Waals surface area (Å²) in [6.07, 6.45) is 1.84. The lowest BCUT2D eigenvalue weighted by atomic mass is 9.98. The van der Waals surface area contributed by atoms with Gasteiger partial charge in [0.1, 0.15) is 17.5 Å². The van der Waals surface area contributed by atoms with Crippen molar-refractivity contribution in [1.29, 1.82) is 5.26 Å². The highest BCUT2D eigenvalue weighted by Gasteiger charge is 2.15. The number of halogens is 1. The number of nitriles is 1. The maximum Gasteiger partial charge on any atom is 0.267 e. The van der Waals surface area contributed by atoms with Gasteiger partial charge in [-0.2, -0.15) is 5.26 Å². The molecule has 0 radical (unpaired) electrons. The highest BCUT2D eigenvalue weighted by Crippen LogP contribution is 2.27. The first kappa shape index (κ1) is 20.2. The van der Waals surface area contributed by atoms with Crippen LogP contribution in [0.1, 0.15) is 36.5 Å². The van der Waals surface area contributed by atoms with Gasteiger partial charge in [-0.05, 0) is 42.0 Å². The van der Waals surface area contributed by atoms with Crippen LogP contribution in [0.5, 0.6) is 0 Å². The van der Waals surface area contributed by atoms with Gasteiger partial charge in [0, 0.05) is 18.4 Å². The minimum atomic E-state index is -0.466. The average Bonchev–Trinajstić information content (AvgIpc) is 2.64. The Kier molecular flexibility index (Phi) is 7.13. The summed E-state index contributed by atoms with van der Waals surface area (Å²) < 4.78 is 13.6. The van der Waals surface area contributed by atoms with Crippen molar-refractivity contribution in [2.45, 2.75) is 33.1 Å². The molecule has 2 N–H and O–H groups in total. The number of hydrogen-bond acceptors (Lipinski definition) is 3. The first-order chi connectivity index (χ1) is 12.9. The van der Waals surface area contributed by atoms with E-state index in [0.29, 0.717) is 18.5 Å². The monoisotopic (exact) mass is 365 g/mol. The van der Waals surface area contributed by atoms with Crippen LogP contribution in [-0.4, -0.2) is 12.5 Å². The quantitative estimate of drug-likeness (QED) is 0.433. The molecular formula is C22H24FN3O. The summed E-state index contributed by atoms with van der Waals surface area (Å²) >= 11 is 0. The molecule has 0 bridgehead atoms. The van der Waals surface area contributed by atoms with E-state index in [-0.39, 0.29) is 17.3 Å². The fourth-order valence-corrected chi connectivity index (χ4v) is 2.75. The van der Waals surface area contributed by atoms with Crippen molar-refractivity contribution in [3.63, 3.8) is 0 Å². The topological polar surface area (TPSA) is 64.9 Å². The highest BCUT2D eigenvalue weighted by molar-refractivity contribution is 6.07. The Balaban J connectivity index is 2.03. The van der Waals surface area contributed by atoms with Crippen molar-refractivity contribution >= 4 is 11.6 Å². The summed E-state index contributed by atoms with van der Waals surface area (Å²) in [6.45, 7) is 6.44. The second-order valence-corrected chi connectivity index (χ2v) is 6.61. The summed E-state index contributed by atoms with van der Waals surface area (Å²) in [4.78, 5) is 12.5. The third-order valence-electron chi connectivity index (χ3n) is 4.27. The molecule has 0 saturated carbocycles. The fourth-order valence-electron chi connectivity index (χ4n) is 2.75. The predicted octanol–water partition coefficient (Wildman–Crippen LogP) is 4.44. The molecule has 27 heavy (non-hydrogen) atoms. The molecule has 0 heterocycles. The third kappa shape index (κ3) is 5.42. The molecule has 0 fully saturated rings. The third-order valence-corrected chi connectivity index (χ3v) is 4.27. The van der Waals surface area contributed by atoms with Gasteiger partial charge in [0.05, 0.1) is 0 Å². The molecule has 0 unspecified atom stereocenters. The van der Waals surface area contributed by atoms with E-state index in [0.717, 1.165) is 16.8 Å². The van der Waals surface area contributed by atoms with Crippen LogP contribution in [0.3, 0.4) is 0 Å². The van der Waals surface area contributed by atoms with Crippen LogP contribution in [0, 0.1) is 24.1 Å². The van der Waals surface area contributed by atoms with Crippen LogP contribution in [0.15, 0.2) is 54.2 Å². The highest BCUT2D eigenvalue weighted by atomic mass is 19.1. The van der Waals surface area contributed by atoms with Crippen LogP contribution in [-0.2, 0) is 11.2 Å². The molecule has 0 aromatic heterocycles. The molecule has 140 valence electrons. The molecule has 2 aromatic rings. The van der Waals surface area contributed by atoms with E-state index in [1.54, 1.807) is 18.2 Å². The summed E-state index contributed by atoms with van der Waals surface area (Å²) in [5.41, 5.74) is 3.27. The summed E-state index contributed by atoms with van der Waals surface area (Å²) in [7, 11) is 0. The largest absolute Gasteiger partial charge is 0.389 e. The Bertz CT molecular complexity index is 881. The number of hydrogen-bond donors (Lipinski definition) is 2. The number of nitrogens with one attached hydrogen (secondary N) is 2. The lowest BCUT2D eigenvalue weighted by molar-refractivity contribution is -0.112. The molecule has 0 aliphatic carbocycles. The van der Waals surface area contributed by atoms with E-state index >= 15 is 0 Å². The number of nitrogens with zero attached hydrogens (tertiary/aromatic N) is 1. The van der Waals surface area contributed by atoms with Gasteiger partial charge in [-0.3, -0.25) is 4.79 Å². The van der Waals surface area contributed by atoms with Gasteiger partial charge in [0.25, 0.3) is 5.91 Å². The lowest BCUT2D eigenvalue weighted by Crippen LogP contribution is -2.19. The average molecular weight is 365 g/mol. The minimum Gasteiger partial charge on any atom is -0.389 e. The molecule has 0 spiro atoms. The number of benzene rings is 2. The van der Waals surface area contributed by atoms with E-state index in [1.807, 2.05) is 31.2 Å². The zero-order valence-electron chi connectivity index (χ0n) is 15.8. The molecule has 0 saturated heterocycles. The normalized spacial score (nSPS) is 11.2. The second-order valence-electron chi connectivity index (χ2n) is 6.61. The van der Waals surface area contributed by atoms with E-state index in [1.165, 1.54) is 12.3 Å². The minimum absolute atomic E-state index is 0.0264. The van der Waals surface area contributed by atoms with Crippen molar-refractivity contribution < 1.29 is 9.18 Å². The molecule has 1 amide bonds. The Morgan fingerprint density at radius 3 is 2.63 bits per heavy atom. The van der Waals surface area contributed by atoms with E-state index in [4.69, 9.17) is 0 Å². The van der Waals surface area contributed by atoms with Crippen LogP contribution in [0.25, 0.3) is 0 Å². The van der Waals surface area contributed by atoms with E-state index in [2.05, 4.69) is 24.5 Å². The number of para-hydroxylation sites is 1. The number of carbonyl (C=O) groups excluding carboxylic acids is 1. The van der Waals surface area contributed by atoms with Crippen molar-refractivity contribution in [3.8, 4) is 6.07 Å². The first-order valence-corrected chi connectivity index (χ1v) is 8.92. The number of amides is 1. The number of aryl methyl sites for hydroxylation is 1. The van der Waals surface area contributed by atoms with Crippen LogP contribution >= 0.6 is 0 Å². The number of carbonyl (C=O) groups is 1. The Labute approximate surface area is 159 Å². The van der Waals surface area contributed by atoms with Gasteiger partial charge in [-0.1, -0.05) is 50.2 Å². The maximum absolute atomic E-state index is 13.6. The Hall–Kier alpha value is -3.13. The number of rotatable bonds is 7. The predicted molar refractivity (Wildman–Crippen MR) is 106 cm³/mol. The molecule has 2 rings (SSSR count). The molecule has 0 atom stereocenters. The van der Waals surface area contributed by atoms with E-state index in [9.17, 15) is 14.4 Å². The zero-order chi connectivity index (χ0) is 19.8. The van der Waals surface area contributed by atoms with Gasteiger partial charge in [0.15, 0.2) is 0 Å². The lowest BCUT2D eigenvalue weighted by Gasteiger charge is -2.16. The summed E-state index contributed by atoms with van der Waals surface area (Å²) in [5, 5.41) is 15.1. The number of anilines is 1. The molecule has 0 aliphatic rings. The molecule has 4 nitrogen and oxygen atoms in total. The van der Waals surface area contributed by atoms with Crippen molar-refractivity contribution in [1.82, 2.24) is 5.32 Å². The summed E-state index contributed by atoms with van der Waals surface area (Å²) in [6, 6.07) is 14.3. The Morgan fingerprint density at radius 1 is 1.22 bits per heavy atom. The van der Waals surface area contributed by atoms with Gasteiger partial charge in [0.2, 0.25) is 0 Å². The molecular weight excluding hydrogens is 341 g/mol. The first-order valence-electron chi connectivity index (χ1n) is 8.92. The van der Waals surface area contributed by atoms with Gasteiger partial charge < -0.3 is 10.6 Å². The molecule has 2 aromatic carbocycles. The van der Waals surface area contributed by atoms with Crippen molar-refractivity contribution in [2.24, 2.45) is 0 Å². The van der Waals surface area contributed by atoms with Gasteiger partial charge >= 0.3 is 0 Å². The smallest absolute Gasteiger partial charge is 0.267 e. The SMILES string of the molecule is Cc1cccc(C(C)C)c1NC(=O)/C(C#N)=C\NCCc1ccccc1F. The van der Waals surface area contributed by atoms with Crippen molar-refractivity contribution in [2.75, 3.05) is 11.9 Å². The fraction of sp³-hybridized carbons (Fsp3) is 0.273. The van der Waals surface area contributed by atoms with Crippen LogP contribution in [0.2, 0.25) is 0 Å². The van der Waals surface area contributed by atoms with Crippen LogP contribution in [0.4, 0.5) is 10.1 Å². The summed E-state index contributed by atoms with van der Waals surface area (Å²) in [5.74, 6) is -0.483. The Morgan fingerprint density at radius 2 is 1.96 bits per heavy atom. The maximum atomic E-state index is 13.6. The van der Waals surface area contributed by atoms with Gasteiger partial charge in [-0.15, -0.1) is 0 Å². The molecule has 5 heteroatoms. The second kappa shape index (κ2) is 9.54.